The number of thioether (sulfide) groups is 1. The highest BCUT2D eigenvalue weighted by Gasteiger charge is 2.27. The van der Waals surface area contributed by atoms with Gasteiger partial charge in [-0.25, -0.2) is 0 Å². The van der Waals surface area contributed by atoms with Crippen molar-refractivity contribution in [3.8, 4) is 0 Å². The Hall–Kier alpha value is -1.20. The first-order valence-electron chi connectivity index (χ1n) is 7.21. The molecule has 21 heavy (non-hydrogen) atoms. The minimum absolute atomic E-state index is 0.0140. The van der Waals surface area contributed by atoms with E-state index in [9.17, 15) is 4.79 Å². The van der Waals surface area contributed by atoms with Crippen LogP contribution in [0, 0.1) is 6.92 Å². The Morgan fingerprint density at radius 3 is 2.90 bits per heavy atom. The van der Waals surface area contributed by atoms with Crippen LogP contribution >= 0.6 is 23.1 Å². The van der Waals surface area contributed by atoms with Gasteiger partial charge in [-0.05, 0) is 38.0 Å². The number of thiophene rings is 1. The molecule has 2 unspecified atom stereocenters. The van der Waals surface area contributed by atoms with Crippen molar-refractivity contribution in [2.75, 3.05) is 12.0 Å². The van der Waals surface area contributed by atoms with Crippen LogP contribution in [0.1, 0.15) is 34.5 Å². The van der Waals surface area contributed by atoms with Crippen LogP contribution in [-0.4, -0.2) is 23.5 Å². The summed E-state index contributed by atoms with van der Waals surface area (Å²) in [5.41, 5.74) is 7.98. The van der Waals surface area contributed by atoms with E-state index in [1.165, 1.54) is 23.3 Å². The van der Waals surface area contributed by atoms with E-state index in [-0.39, 0.29) is 5.91 Å². The molecule has 1 heterocycles. The summed E-state index contributed by atoms with van der Waals surface area (Å²) in [6.07, 6.45) is 5.46. The lowest BCUT2D eigenvalue weighted by Gasteiger charge is -2.12. The highest BCUT2D eigenvalue weighted by atomic mass is 32.2. The van der Waals surface area contributed by atoms with E-state index in [2.05, 4.69) is 24.6 Å². The monoisotopic (exact) mass is 320 g/mol. The first-order chi connectivity index (χ1) is 10.1. The van der Waals surface area contributed by atoms with Crippen LogP contribution in [0.25, 0.3) is 10.1 Å². The van der Waals surface area contributed by atoms with E-state index in [4.69, 9.17) is 5.73 Å². The molecular weight excluding hydrogens is 300 g/mol. The second-order valence-corrected chi connectivity index (χ2v) is 7.80. The molecule has 0 aliphatic heterocycles. The van der Waals surface area contributed by atoms with Crippen molar-refractivity contribution in [2.24, 2.45) is 0 Å². The van der Waals surface area contributed by atoms with E-state index in [1.54, 1.807) is 0 Å². The minimum Gasteiger partial charge on any atom is -0.397 e. The molecule has 1 aliphatic carbocycles. The van der Waals surface area contributed by atoms with E-state index in [0.717, 1.165) is 22.9 Å². The molecular formula is C16H20N2OS2. The van der Waals surface area contributed by atoms with Gasteiger partial charge < -0.3 is 11.1 Å². The maximum Gasteiger partial charge on any atom is 0.263 e. The molecule has 1 fully saturated rings. The number of nitrogens with two attached hydrogens (primary N) is 1. The van der Waals surface area contributed by atoms with Gasteiger partial charge >= 0.3 is 0 Å². The van der Waals surface area contributed by atoms with Crippen LogP contribution < -0.4 is 11.1 Å². The number of fused-ring (bicyclic) bond motifs is 1. The zero-order valence-corrected chi connectivity index (χ0v) is 13.9. The Kier molecular flexibility index (Phi) is 4.13. The van der Waals surface area contributed by atoms with Crippen LogP contribution in [0.2, 0.25) is 0 Å². The van der Waals surface area contributed by atoms with Crippen molar-refractivity contribution in [1.82, 2.24) is 5.32 Å². The molecule has 2 aromatic rings. The summed E-state index contributed by atoms with van der Waals surface area (Å²) >= 11 is 3.40. The Balaban J connectivity index is 1.82. The van der Waals surface area contributed by atoms with Gasteiger partial charge in [0.25, 0.3) is 5.91 Å². The van der Waals surface area contributed by atoms with Gasteiger partial charge in [-0.15, -0.1) is 11.3 Å². The van der Waals surface area contributed by atoms with Gasteiger partial charge in [-0.2, -0.15) is 11.8 Å². The summed E-state index contributed by atoms with van der Waals surface area (Å²) in [5, 5.41) is 4.84. The van der Waals surface area contributed by atoms with Gasteiger partial charge in [0.15, 0.2) is 0 Å². The topological polar surface area (TPSA) is 55.1 Å². The first kappa shape index (κ1) is 14.7. The standard InChI is InChI=1S/C16H20N2OS2/c1-9-4-3-5-12-13(17)15(21-14(9)12)16(19)18-10-6-7-11(8-10)20-2/h3-5,10-11H,6-8,17H2,1-2H3,(H,18,19). The smallest absolute Gasteiger partial charge is 0.263 e. The summed E-state index contributed by atoms with van der Waals surface area (Å²) in [6, 6.07) is 6.33. The maximum absolute atomic E-state index is 12.5. The van der Waals surface area contributed by atoms with Crippen LogP contribution in [0.4, 0.5) is 5.69 Å². The third kappa shape index (κ3) is 2.77. The highest BCUT2D eigenvalue weighted by molar-refractivity contribution is 7.99. The average molecular weight is 320 g/mol. The van der Waals surface area contributed by atoms with Crippen LogP contribution in [0.3, 0.4) is 0 Å². The normalized spacial score (nSPS) is 21.8. The largest absolute Gasteiger partial charge is 0.397 e. The second kappa shape index (κ2) is 5.89. The predicted molar refractivity (Wildman–Crippen MR) is 93.4 cm³/mol. The van der Waals surface area contributed by atoms with Crippen molar-refractivity contribution in [1.29, 1.82) is 0 Å². The number of amides is 1. The third-order valence-electron chi connectivity index (χ3n) is 4.21. The number of nitrogen functional groups attached to an aromatic ring is 1. The molecule has 1 amide bonds. The van der Waals surface area contributed by atoms with E-state index in [1.807, 2.05) is 23.9 Å². The molecule has 3 nitrogen and oxygen atoms in total. The summed E-state index contributed by atoms with van der Waals surface area (Å²) in [4.78, 5) is 13.2. The summed E-state index contributed by atoms with van der Waals surface area (Å²) in [5.74, 6) is -0.0140. The molecule has 0 spiro atoms. The quantitative estimate of drug-likeness (QED) is 0.904. The van der Waals surface area contributed by atoms with Gasteiger partial charge in [0.1, 0.15) is 4.88 Å². The van der Waals surface area contributed by atoms with E-state index in [0.29, 0.717) is 21.9 Å². The molecule has 0 saturated heterocycles. The molecule has 5 heteroatoms. The van der Waals surface area contributed by atoms with Crippen molar-refractivity contribution in [3.05, 3.63) is 28.6 Å². The molecule has 1 aromatic carbocycles. The van der Waals surface area contributed by atoms with E-state index >= 15 is 0 Å². The molecule has 1 saturated carbocycles. The first-order valence-corrected chi connectivity index (χ1v) is 9.32. The lowest BCUT2D eigenvalue weighted by atomic mass is 10.1. The Morgan fingerprint density at radius 2 is 2.24 bits per heavy atom. The minimum atomic E-state index is -0.0140. The molecule has 0 bridgehead atoms. The van der Waals surface area contributed by atoms with Gasteiger partial charge in [0.05, 0.1) is 5.69 Å². The number of aryl methyl sites for hydroxylation is 1. The van der Waals surface area contributed by atoms with Crippen molar-refractivity contribution in [3.63, 3.8) is 0 Å². The SMILES string of the molecule is CSC1CCC(NC(=O)c2sc3c(C)cccc3c2N)C1. The maximum atomic E-state index is 12.5. The molecule has 1 aromatic heterocycles. The van der Waals surface area contributed by atoms with Crippen LogP contribution in [0.15, 0.2) is 18.2 Å². The Morgan fingerprint density at radius 1 is 1.43 bits per heavy atom. The van der Waals surface area contributed by atoms with Crippen LogP contribution in [-0.2, 0) is 0 Å². The fourth-order valence-corrected chi connectivity index (χ4v) is 4.87. The molecule has 2 atom stereocenters. The molecule has 0 radical (unpaired) electrons. The molecule has 3 rings (SSSR count). The van der Waals surface area contributed by atoms with Gasteiger partial charge in [0, 0.05) is 21.4 Å². The zero-order chi connectivity index (χ0) is 15.0. The summed E-state index contributed by atoms with van der Waals surface area (Å²) < 4.78 is 1.12. The lowest BCUT2D eigenvalue weighted by Crippen LogP contribution is -2.32. The second-order valence-electron chi connectivity index (χ2n) is 5.64. The van der Waals surface area contributed by atoms with Gasteiger partial charge in [0.2, 0.25) is 0 Å². The number of benzene rings is 1. The Bertz CT molecular complexity index is 680. The van der Waals surface area contributed by atoms with Crippen LogP contribution in [0.5, 0.6) is 0 Å². The summed E-state index contributed by atoms with van der Waals surface area (Å²) in [6.45, 7) is 2.06. The Labute approximate surface area is 133 Å². The number of anilines is 1. The highest BCUT2D eigenvalue weighted by Crippen LogP contribution is 2.36. The van der Waals surface area contributed by atoms with Crippen molar-refractivity contribution < 1.29 is 4.79 Å². The number of hydrogen-bond donors (Lipinski definition) is 2. The lowest BCUT2D eigenvalue weighted by molar-refractivity contribution is 0.0943. The van der Waals surface area contributed by atoms with Crippen molar-refractivity contribution >= 4 is 44.8 Å². The number of carbonyl (C=O) groups is 1. The molecule has 3 N–H and O–H groups in total. The van der Waals surface area contributed by atoms with Gasteiger partial charge in [-0.1, -0.05) is 18.2 Å². The average Bonchev–Trinajstić information content (AvgIpc) is 3.05. The number of nitrogens with one attached hydrogen (secondary N) is 1. The van der Waals surface area contributed by atoms with E-state index < -0.39 is 0 Å². The number of carbonyl (C=O) groups excluding carboxylic acids is 1. The number of hydrogen-bond acceptors (Lipinski definition) is 4. The zero-order valence-electron chi connectivity index (χ0n) is 12.3. The van der Waals surface area contributed by atoms with Gasteiger partial charge in [-0.3, -0.25) is 4.79 Å². The fraction of sp³-hybridized carbons (Fsp3) is 0.438. The fourth-order valence-electron chi connectivity index (χ4n) is 2.98. The molecule has 1 aliphatic rings. The predicted octanol–water partition coefficient (Wildman–Crippen LogP) is 3.81. The number of rotatable bonds is 3. The third-order valence-corrected chi connectivity index (χ3v) is 6.66. The summed E-state index contributed by atoms with van der Waals surface area (Å²) in [7, 11) is 0. The van der Waals surface area contributed by atoms with Crippen molar-refractivity contribution in [2.45, 2.75) is 37.5 Å². The molecule has 112 valence electrons.